The minimum Gasteiger partial charge on any atom is -0.465 e. The standard InChI is InChI=1S/C16H20ClN5O5/c1-4-27-14(23)13-20-11(12-9(2)5-18-15(17)21-12)7-22(13)6-10(8-26-3)19-16(24)25/h5,7,10,19H,4,6,8H2,1-3H3,(H,24,25)/t10-/m1/s1. The van der Waals surface area contributed by atoms with Crippen molar-refractivity contribution in [2.75, 3.05) is 20.3 Å². The van der Waals surface area contributed by atoms with Crippen molar-refractivity contribution in [3.8, 4) is 11.4 Å². The first-order valence-electron chi connectivity index (χ1n) is 8.07. The molecule has 0 unspecified atom stereocenters. The molecule has 0 aliphatic heterocycles. The highest BCUT2D eigenvalue weighted by Crippen LogP contribution is 2.22. The molecule has 10 nitrogen and oxygen atoms in total. The molecule has 1 atom stereocenters. The zero-order valence-electron chi connectivity index (χ0n) is 15.1. The number of halogens is 1. The van der Waals surface area contributed by atoms with E-state index in [9.17, 15) is 9.59 Å². The first-order valence-corrected chi connectivity index (χ1v) is 8.45. The fraction of sp³-hybridized carbons (Fsp3) is 0.438. The van der Waals surface area contributed by atoms with E-state index in [1.54, 1.807) is 26.2 Å². The molecule has 0 aromatic carbocycles. The number of rotatable bonds is 8. The van der Waals surface area contributed by atoms with Gasteiger partial charge in [0.05, 0.1) is 24.9 Å². The molecule has 2 heterocycles. The Labute approximate surface area is 160 Å². The number of aryl methyl sites for hydroxylation is 1. The van der Waals surface area contributed by atoms with Gasteiger partial charge in [0.25, 0.3) is 0 Å². The van der Waals surface area contributed by atoms with Gasteiger partial charge in [0, 0.05) is 26.0 Å². The molecule has 0 aliphatic carbocycles. The maximum Gasteiger partial charge on any atom is 0.405 e. The maximum atomic E-state index is 12.3. The van der Waals surface area contributed by atoms with Gasteiger partial charge in [-0.15, -0.1) is 0 Å². The van der Waals surface area contributed by atoms with Crippen LogP contribution in [0.5, 0.6) is 0 Å². The number of nitrogens with zero attached hydrogens (tertiary/aromatic N) is 4. The van der Waals surface area contributed by atoms with Crippen LogP contribution in [0.15, 0.2) is 12.4 Å². The van der Waals surface area contributed by atoms with Crippen LogP contribution in [0.2, 0.25) is 5.28 Å². The summed E-state index contributed by atoms with van der Waals surface area (Å²) in [5.74, 6) is -0.609. The molecule has 1 amide bonds. The van der Waals surface area contributed by atoms with E-state index in [2.05, 4.69) is 20.3 Å². The van der Waals surface area contributed by atoms with Gasteiger partial charge in [-0.2, -0.15) is 0 Å². The van der Waals surface area contributed by atoms with Crippen LogP contribution < -0.4 is 5.32 Å². The van der Waals surface area contributed by atoms with E-state index in [-0.39, 0.29) is 30.9 Å². The Morgan fingerprint density at radius 2 is 2.15 bits per heavy atom. The fourth-order valence-corrected chi connectivity index (χ4v) is 2.59. The molecular weight excluding hydrogens is 378 g/mol. The Morgan fingerprint density at radius 1 is 1.41 bits per heavy atom. The minimum atomic E-state index is -1.20. The van der Waals surface area contributed by atoms with Crippen LogP contribution in [-0.4, -0.2) is 63.1 Å². The minimum absolute atomic E-state index is 0.0225. The van der Waals surface area contributed by atoms with Crippen molar-refractivity contribution in [3.05, 3.63) is 29.1 Å². The van der Waals surface area contributed by atoms with Crippen molar-refractivity contribution in [2.24, 2.45) is 0 Å². The normalized spacial score (nSPS) is 11.9. The number of aromatic nitrogens is 4. The average Bonchev–Trinajstić information content (AvgIpc) is 3.00. The van der Waals surface area contributed by atoms with E-state index in [1.807, 2.05) is 0 Å². The highest BCUT2D eigenvalue weighted by Gasteiger charge is 2.22. The lowest BCUT2D eigenvalue weighted by atomic mass is 10.2. The summed E-state index contributed by atoms with van der Waals surface area (Å²) in [6, 6.07) is -0.599. The average molecular weight is 398 g/mol. The van der Waals surface area contributed by atoms with Gasteiger partial charge < -0.3 is 24.5 Å². The number of nitrogens with one attached hydrogen (secondary N) is 1. The van der Waals surface area contributed by atoms with Crippen molar-refractivity contribution < 1.29 is 24.2 Å². The third-order valence-electron chi connectivity index (χ3n) is 3.53. The summed E-state index contributed by atoms with van der Waals surface area (Å²) in [5, 5.41) is 11.4. The molecule has 11 heteroatoms. The van der Waals surface area contributed by atoms with Gasteiger partial charge >= 0.3 is 12.1 Å². The van der Waals surface area contributed by atoms with Gasteiger partial charge in [-0.25, -0.2) is 24.5 Å². The Balaban J connectivity index is 2.44. The summed E-state index contributed by atoms with van der Waals surface area (Å²) in [4.78, 5) is 35.7. The molecule has 0 saturated carbocycles. The molecule has 0 bridgehead atoms. The number of ether oxygens (including phenoxy) is 2. The summed E-state index contributed by atoms with van der Waals surface area (Å²) >= 11 is 5.87. The summed E-state index contributed by atoms with van der Waals surface area (Å²) < 4.78 is 11.6. The molecule has 2 N–H and O–H groups in total. The predicted octanol–water partition coefficient (Wildman–Crippen LogP) is 1.76. The monoisotopic (exact) mass is 397 g/mol. The van der Waals surface area contributed by atoms with Crippen LogP contribution in [0.3, 0.4) is 0 Å². The number of esters is 1. The quantitative estimate of drug-likeness (QED) is 0.509. The predicted molar refractivity (Wildman–Crippen MR) is 95.8 cm³/mol. The summed E-state index contributed by atoms with van der Waals surface area (Å²) in [6.45, 7) is 3.86. The Hall–Kier alpha value is -2.72. The van der Waals surface area contributed by atoms with Gasteiger partial charge in [0.15, 0.2) is 0 Å². The summed E-state index contributed by atoms with van der Waals surface area (Å²) in [6.07, 6.45) is 1.94. The number of imidazole rings is 1. The molecule has 0 saturated heterocycles. The van der Waals surface area contributed by atoms with Gasteiger partial charge in [0.2, 0.25) is 11.1 Å². The smallest absolute Gasteiger partial charge is 0.405 e. The molecule has 2 aromatic heterocycles. The zero-order chi connectivity index (χ0) is 20.0. The topological polar surface area (TPSA) is 128 Å². The van der Waals surface area contributed by atoms with Crippen molar-refractivity contribution in [2.45, 2.75) is 26.4 Å². The maximum absolute atomic E-state index is 12.3. The Kier molecular flexibility index (Phi) is 7.08. The number of carbonyl (C=O) groups is 2. The second-order valence-corrected chi connectivity index (χ2v) is 5.93. The molecule has 0 fully saturated rings. The van der Waals surface area contributed by atoms with Gasteiger partial charge in [0.1, 0.15) is 5.69 Å². The second-order valence-electron chi connectivity index (χ2n) is 5.59. The Bertz CT molecular complexity index is 826. The zero-order valence-corrected chi connectivity index (χ0v) is 15.9. The van der Waals surface area contributed by atoms with Crippen LogP contribution in [0.4, 0.5) is 4.79 Å². The van der Waals surface area contributed by atoms with Crippen molar-refractivity contribution in [1.29, 1.82) is 0 Å². The largest absolute Gasteiger partial charge is 0.465 e. The van der Waals surface area contributed by atoms with E-state index in [4.69, 9.17) is 26.2 Å². The van der Waals surface area contributed by atoms with E-state index < -0.39 is 18.1 Å². The van der Waals surface area contributed by atoms with Crippen molar-refractivity contribution in [3.63, 3.8) is 0 Å². The molecular formula is C16H20ClN5O5. The molecule has 2 aromatic rings. The summed E-state index contributed by atoms with van der Waals surface area (Å²) in [7, 11) is 1.45. The lowest BCUT2D eigenvalue weighted by Gasteiger charge is -2.17. The lowest BCUT2D eigenvalue weighted by molar-refractivity contribution is 0.0504. The molecule has 0 aliphatic rings. The molecule has 27 heavy (non-hydrogen) atoms. The SMILES string of the molecule is CCOC(=O)c1nc(-c2nc(Cl)ncc2C)cn1C[C@H](COC)NC(=O)O. The first kappa shape index (κ1) is 20.6. The third-order valence-corrected chi connectivity index (χ3v) is 3.71. The number of carbonyl (C=O) groups excluding carboxylic acids is 1. The van der Waals surface area contributed by atoms with E-state index >= 15 is 0 Å². The Morgan fingerprint density at radius 3 is 2.78 bits per heavy atom. The third kappa shape index (κ3) is 5.38. The van der Waals surface area contributed by atoms with E-state index in [1.165, 1.54) is 11.7 Å². The number of carboxylic acid groups (broad SMARTS) is 1. The van der Waals surface area contributed by atoms with Crippen LogP contribution in [-0.2, 0) is 16.0 Å². The van der Waals surface area contributed by atoms with Gasteiger partial charge in [-0.1, -0.05) is 0 Å². The van der Waals surface area contributed by atoms with Crippen LogP contribution in [0.1, 0.15) is 23.1 Å². The van der Waals surface area contributed by atoms with Crippen molar-refractivity contribution in [1.82, 2.24) is 24.8 Å². The second kappa shape index (κ2) is 9.28. The highest BCUT2D eigenvalue weighted by atomic mass is 35.5. The molecule has 146 valence electrons. The number of hydrogen-bond donors (Lipinski definition) is 2. The summed E-state index contributed by atoms with van der Waals surface area (Å²) in [5.41, 5.74) is 1.58. The van der Waals surface area contributed by atoms with Crippen LogP contribution >= 0.6 is 11.6 Å². The molecule has 0 radical (unpaired) electrons. The van der Waals surface area contributed by atoms with Crippen molar-refractivity contribution >= 4 is 23.7 Å². The molecule has 2 rings (SSSR count). The molecule has 0 spiro atoms. The van der Waals surface area contributed by atoms with Crippen LogP contribution in [0, 0.1) is 6.92 Å². The van der Waals surface area contributed by atoms with Gasteiger partial charge in [-0.05, 0) is 31.0 Å². The fourth-order valence-electron chi connectivity index (χ4n) is 2.46. The lowest BCUT2D eigenvalue weighted by Crippen LogP contribution is -2.40. The highest BCUT2D eigenvalue weighted by molar-refractivity contribution is 6.28. The van der Waals surface area contributed by atoms with Gasteiger partial charge in [-0.3, -0.25) is 0 Å². The number of amides is 1. The van der Waals surface area contributed by atoms with E-state index in [0.717, 1.165) is 5.56 Å². The number of methoxy groups -OCH3 is 1. The van der Waals surface area contributed by atoms with Crippen LogP contribution in [0.25, 0.3) is 11.4 Å². The number of hydrogen-bond acceptors (Lipinski definition) is 7. The van der Waals surface area contributed by atoms with E-state index in [0.29, 0.717) is 11.4 Å². The first-order chi connectivity index (χ1) is 12.8.